The van der Waals surface area contributed by atoms with E-state index in [1.54, 1.807) is 16.3 Å². The predicted molar refractivity (Wildman–Crippen MR) is 67.0 cm³/mol. The number of aromatic amines is 1. The number of hydrogen-bond donors (Lipinski definition) is 2. The first kappa shape index (κ1) is 13.3. The van der Waals surface area contributed by atoms with E-state index in [1.165, 1.54) is 0 Å². The fourth-order valence-corrected chi connectivity index (χ4v) is 2.95. The lowest BCUT2D eigenvalue weighted by molar-refractivity contribution is 0.539. The Bertz CT molecular complexity index is 369. The number of nitrogens with one attached hydrogen (secondary N) is 2. The Balaban J connectivity index is 2.76. The van der Waals surface area contributed by atoms with Gasteiger partial charge in [-0.3, -0.25) is 4.57 Å². The zero-order chi connectivity index (χ0) is 12.1. The maximum absolute atomic E-state index is 11.4. The number of rotatable bonds is 6. The minimum absolute atomic E-state index is 0.130. The molecule has 0 saturated heterocycles. The molecule has 0 aliphatic carbocycles. The van der Waals surface area contributed by atoms with Gasteiger partial charge in [-0.15, -0.1) is 5.10 Å². The molecule has 6 heteroatoms. The van der Waals surface area contributed by atoms with Crippen LogP contribution < -0.4 is 11.0 Å². The Labute approximate surface area is 100 Å². The van der Waals surface area contributed by atoms with Crippen LogP contribution in [0, 0.1) is 0 Å². The molecule has 0 fully saturated rings. The third-order valence-corrected chi connectivity index (χ3v) is 3.93. The number of hydrogen-bond acceptors (Lipinski definition) is 4. The lowest BCUT2D eigenvalue weighted by atomic mass is 10.2. The molecule has 92 valence electrons. The third kappa shape index (κ3) is 2.89. The molecule has 0 saturated carbocycles. The van der Waals surface area contributed by atoms with Crippen LogP contribution in [0.2, 0.25) is 0 Å². The van der Waals surface area contributed by atoms with Crippen LogP contribution in [0.4, 0.5) is 0 Å². The molecule has 16 heavy (non-hydrogen) atoms. The van der Waals surface area contributed by atoms with Gasteiger partial charge < -0.3 is 5.32 Å². The molecule has 0 radical (unpaired) electrons. The monoisotopic (exact) mass is 244 g/mol. The summed E-state index contributed by atoms with van der Waals surface area (Å²) in [4.78, 5) is 11.4. The Morgan fingerprint density at radius 1 is 1.56 bits per heavy atom. The van der Waals surface area contributed by atoms with Gasteiger partial charge in [0.25, 0.3) is 0 Å². The lowest BCUT2D eigenvalue weighted by Crippen LogP contribution is -2.33. The Morgan fingerprint density at radius 2 is 2.25 bits per heavy atom. The average Bonchev–Trinajstić information content (AvgIpc) is 2.61. The van der Waals surface area contributed by atoms with Crippen LogP contribution in [0.25, 0.3) is 0 Å². The molecule has 5 nitrogen and oxygen atoms in total. The van der Waals surface area contributed by atoms with E-state index >= 15 is 0 Å². The summed E-state index contributed by atoms with van der Waals surface area (Å²) in [5.41, 5.74) is -0.130. The number of nitrogens with zero attached hydrogens (tertiary/aromatic N) is 2. The van der Waals surface area contributed by atoms with Crippen LogP contribution in [-0.2, 0) is 6.54 Å². The summed E-state index contributed by atoms with van der Waals surface area (Å²) in [6, 6.07) is 0.433. The number of H-pyrrole nitrogens is 1. The van der Waals surface area contributed by atoms with Gasteiger partial charge in [-0.25, -0.2) is 9.89 Å². The molecule has 2 N–H and O–H groups in total. The van der Waals surface area contributed by atoms with Crippen LogP contribution >= 0.6 is 11.8 Å². The summed E-state index contributed by atoms with van der Waals surface area (Å²) in [6.07, 6.45) is 1.06. The van der Waals surface area contributed by atoms with Crippen LogP contribution in [0.5, 0.6) is 0 Å². The molecule has 1 rings (SSSR count). The first-order chi connectivity index (χ1) is 7.63. The molecule has 0 aromatic carbocycles. The summed E-state index contributed by atoms with van der Waals surface area (Å²) in [7, 11) is 1.96. The maximum Gasteiger partial charge on any atom is 0.343 e. The molecule has 1 heterocycles. The van der Waals surface area contributed by atoms with E-state index < -0.39 is 0 Å². The smallest absolute Gasteiger partial charge is 0.316 e. The molecule has 0 spiro atoms. The SMILES string of the molecule is CCC(NC)C(C)Sc1n[nH]c(=O)n1CC. The van der Waals surface area contributed by atoms with E-state index in [9.17, 15) is 4.79 Å². The lowest BCUT2D eigenvalue weighted by Gasteiger charge is -2.20. The average molecular weight is 244 g/mol. The molecule has 2 unspecified atom stereocenters. The van der Waals surface area contributed by atoms with E-state index in [0.29, 0.717) is 17.8 Å². The predicted octanol–water partition coefficient (Wildman–Crippen LogP) is 1.07. The number of thioether (sulfide) groups is 1. The van der Waals surface area contributed by atoms with Gasteiger partial charge in [-0.05, 0) is 20.4 Å². The normalized spacial score (nSPS) is 15.0. The molecule has 0 aliphatic heterocycles. The quantitative estimate of drug-likeness (QED) is 0.735. The Hall–Kier alpha value is -0.750. The van der Waals surface area contributed by atoms with Crippen LogP contribution in [0.3, 0.4) is 0 Å². The molecule has 0 aliphatic rings. The van der Waals surface area contributed by atoms with Gasteiger partial charge in [0.05, 0.1) is 0 Å². The molecule has 1 aromatic rings. The standard InChI is InChI=1S/C10H20N4OS/c1-5-8(11-4)7(3)16-10-13-12-9(15)14(10)6-2/h7-8,11H,5-6H2,1-4H3,(H,12,15). The highest BCUT2D eigenvalue weighted by molar-refractivity contribution is 7.99. The highest BCUT2D eigenvalue weighted by Crippen LogP contribution is 2.23. The maximum atomic E-state index is 11.4. The number of aromatic nitrogens is 3. The van der Waals surface area contributed by atoms with Crippen LogP contribution in [-0.4, -0.2) is 33.1 Å². The van der Waals surface area contributed by atoms with E-state index in [2.05, 4.69) is 29.4 Å². The second kappa shape index (κ2) is 6.10. The third-order valence-electron chi connectivity index (χ3n) is 2.71. The second-order valence-electron chi connectivity index (χ2n) is 3.68. The van der Waals surface area contributed by atoms with Gasteiger partial charge in [0.15, 0.2) is 5.16 Å². The Kier molecular flexibility index (Phi) is 5.08. The van der Waals surface area contributed by atoms with Crippen molar-refractivity contribution >= 4 is 11.8 Å². The highest BCUT2D eigenvalue weighted by atomic mass is 32.2. The zero-order valence-corrected chi connectivity index (χ0v) is 11.1. The van der Waals surface area contributed by atoms with Crippen molar-refractivity contribution in [3.63, 3.8) is 0 Å². The zero-order valence-electron chi connectivity index (χ0n) is 10.3. The summed E-state index contributed by atoms with van der Waals surface area (Å²) in [5.74, 6) is 0. The first-order valence-electron chi connectivity index (χ1n) is 5.63. The first-order valence-corrected chi connectivity index (χ1v) is 6.51. The molecular weight excluding hydrogens is 224 g/mol. The van der Waals surface area contributed by atoms with Gasteiger partial charge in [-0.1, -0.05) is 25.6 Å². The summed E-state index contributed by atoms with van der Waals surface area (Å²) in [6.45, 7) is 6.89. The largest absolute Gasteiger partial charge is 0.343 e. The summed E-state index contributed by atoms with van der Waals surface area (Å²) in [5, 5.41) is 10.9. The summed E-state index contributed by atoms with van der Waals surface area (Å²) >= 11 is 1.63. The van der Waals surface area contributed by atoms with E-state index in [4.69, 9.17) is 0 Å². The van der Waals surface area contributed by atoms with Crippen molar-refractivity contribution in [2.24, 2.45) is 0 Å². The summed E-state index contributed by atoms with van der Waals surface area (Å²) < 4.78 is 1.66. The van der Waals surface area contributed by atoms with E-state index in [1.807, 2.05) is 14.0 Å². The van der Waals surface area contributed by atoms with Crippen LogP contribution in [0.1, 0.15) is 27.2 Å². The van der Waals surface area contributed by atoms with Gasteiger partial charge in [0.2, 0.25) is 0 Å². The van der Waals surface area contributed by atoms with Crippen molar-refractivity contribution in [3.05, 3.63) is 10.5 Å². The van der Waals surface area contributed by atoms with Crippen molar-refractivity contribution in [3.8, 4) is 0 Å². The van der Waals surface area contributed by atoms with Crippen molar-refractivity contribution in [1.82, 2.24) is 20.1 Å². The van der Waals surface area contributed by atoms with Crippen molar-refractivity contribution in [1.29, 1.82) is 0 Å². The van der Waals surface area contributed by atoms with Crippen molar-refractivity contribution < 1.29 is 0 Å². The molecule has 2 atom stereocenters. The minimum atomic E-state index is -0.130. The highest BCUT2D eigenvalue weighted by Gasteiger charge is 2.18. The fourth-order valence-electron chi connectivity index (χ4n) is 1.69. The van der Waals surface area contributed by atoms with Crippen molar-refractivity contribution in [2.75, 3.05) is 7.05 Å². The van der Waals surface area contributed by atoms with Gasteiger partial charge >= 0.3 is 5.69 Å². The Morgan fingerprint density at radius 3 is 2.75 bits per heavy atom. The van der Waals surface area contributed by atoms with E-state index in [-0.39, 0.29) is 5.69 Å². The van der Waals surface area contributed by atoms with Gasteiger partial charge in [0.1, 0.15) is 0 Å². The fraction of sp³-hybridized carbons (Fsp3) is 0.800. The molecule has 0 bridgehead atoms. The van der Waals surface area contributed by atoms with Crippen LogP contribution in [0.15, 0.2) is 9.95 Å². The van der Waals surface area contributed by atoms with Gasteiger partial charge in [-0.2, -0.15) is 0 Å². The molecular formula is C10H20N4OS. The van der Waals surface area contributed by atoms with Crippen molar-refractivity contribution in [2.45, 2.75) is 50.2 Å². The van der Waals surface area contributed by atoms with Gasteiger partial charge in [0, 0.05) is 17.8 Å². The second-order valence-corrected chi connectivity index (χ2v) is 5.03. The van der Waals surface area contributed by atoms with E-state index in [0.717, 1.165) is 11.6 Å². The topological polar surface area (TPSA) is 62.7 Å². The molecule has 1 aromatic heterocycles. The molecule has 0 amide bonds. The minimum Gasteiger partial charge on any atom is -0.316 e.